The number of aliphatic hydroxyl groups is 3. The first kappa shape index (κ1) is 54.9. The van der Waals surface area contributed by atoms with E-state index < -0.39 is 77.8 Å². The average Bonchev–Trinajstić information content (AvgIpc) is 3.86. The van der Waals surface area contributed by atoms with Gasteiger partial charge in [-0.2, -0.15) is 0 Å². The van der Waals surface area contributed by atoms with Gasteiger partial charge in [0.25, 0.3) is 11.7 Å². The number of hydrogen-bond acceptors (Lipinski definition) is 13. The summed E-state index contributed by atoms with van der Waals surface area (Å²) < 4.78 is 29.6. The second-order valence-electron chi connectivity index (χ2n) is 20.4. The molecule has 1 amide bonds. The van der Waals surface area contributed by atoms with Crippen LogP contribution in [0.4, 0.5) is 0 Å². The van der Waals surface area contributed by atoms with Gasteiger partial charge >= 0.3 is 5.97 Å². The summed E-state index contributed by atoms with van der Waals surface area (Å²) in [6, 6.07) is 2.52. The Morgan fingerprint density at radius 2 is 1.63 bits per heavy atom. The molecule has 3 N–H and O–H groups in total. The highest BCUT2D eigenvalue weighted by Gasteiger charge is 2.53. The number of furan rings is 1. The Morgan fingerprint density at radius 3 is 2.32 bits per heavy atom. The van der Waals surface area contributed by atoms with Crippen LogP contribution < -0.4 is 0 Å². The second kappa shape index (κ2) is 25.2. The minimum absolute atomic E-state index is 0.00926. The molecular formula is C54H79NO13. The zero-order chi connectivity index (χ0) is 49.9. The number of methoxy groups -OCH3 is 2. The van der Waals surface area contributed by atoms with Gasteiger partial charge in [0.05, 0.1) is 24.6 Å². The third-order valence-corrected chi connectivity index (χ3v) is 15.1. The second-order valence-corrected chi connectivity index (χ2v) is 20.4. The Kier molecular flexibility index (Phi) is 20.3. The number of carbonyl (C=O) groups is 5. The molecule has 1 saturated carbocycles. The minimum atomic E-state index is -2.45. The van der Waals surface area contributed by atoms with Crippen LogP contribution in [-0.2, 0) is 42.9 Å². The molecule has 14 heteroatoms. The Balaban J connectivity index is 1.49. The summed E-state index contributed by atoms with van der Waals surface area (Å²) in [4.78, 5) is 72.3. The van der Waals surface area contributed by atoms with Gasteiger partial charge in [0.15, 0.2) is 5.78 Å². The fourth-order valence-electron chi connectivity index (χ4n) is 10.7. The lowest BCUT2D eigenvalue weighted by molar-refractivity contribution is -0.264. The number of hydrogen-bond donors (Lipinski definition) is 3. The van der Waals surface area contributed by atoms with Gasteiger partial charge in [-0.05, 0) is 120 Å². The van der Waals surface area contributed by atoms with Crippen LogP contribution >= 0.6 is 0 Å². The largest absolute Gasteiger partial charge is 0.469 e. The SMILES string of the molecule is CO[C@@H]1C[C@H](C[C@@H](C)[C@@H]2CC(=O)[C@H](C)/C=C(\C)[C@@H](O)[C@@H](OC)C(=O)[C@H](C)C[C@H](C)/C=C/C=C/C=C(\C)[C@H](c3ccco3)C[C@@H]3CC[C@@H](C)[C@@](O)(O3)C(=O)C(=O)N3CCCC[C@H]3C(=O)O2)CC[C@H]1O. The smallest absolute Gasteiger partial charge is 0.329 e. The Bertz CT molecular complexity index is 1990. The standard InChI is InChI=1S/C54H79NO13/c1-32-16-11-10-12-17-33(2)41(45-19-15-25-66-45)30-40-22-20-38(7)54(63,68-40)51(60)52(61)55-24-14-13-18-42(55)53(62)67-46(35(4)28-39-21-23-43(56)47(29-39)64-8)31-44(57)34(3)27-37(6)49(59)50(65-9)48(58)36(5)26-32/h10-12,15-17,19,25,27,32,34-36,38-43,46-47,49-50,56,59,63H,13-14,18,20-24,26,28-31H2,1-9H3/b12-10+,16-11+,33-17+,37-27+/t32-,34-,35-,36-,38-,39+,40+,41-,42+,43-,46+,47-,49-,50+,54-/m1/s1. The molecule has 68 heavy (non-hydrogen) atoms. The van der Waals surface area contributed by atoms with E-state index in [0.29, 0.717) is 69.1 Å². The monoisotopic (exact) mass is 950 g/mol. The summed E-state index contributed by atoms with van der Waals surface area (Å²) in [5.41, 5.74) is 1.33. The lowest BCUT2D eigenvalue weighted by Crippen LogP contribution is -2.60. The van der Waals surface area contributed by atoms with E-state index in [1.807, 2.05) is 64.1 Å². The highest BCUT2D eigenvalue weighted by atomic mass is 16.6. The molecule has 0 unspecified atom stereocenters. The normalized spacial score (nSPS) is 39.1. The summed E-state index contributed by atoms with van der Waals surface area (Å²) in [7, 11) is 2.95. The Morgan fingerprint density at radius 1 is 0.882 bits per heavy atom. The molecule has 2 bridgehead atoms. The third kappa shape index (κ3) is 13.8. The van der Waals surface area contributed by atoms with Gasteiger partial charge in [-0.3, -0.25) is 19.2 Å². The zero-order valence-corrected chi connectivity index (χ0v) is 41.8. The maximum atomic E-state index is 14.4. The van der Waals surface area contributed by atoms with Crippen molar-refractivity contribution in [2.75, 3.05) is 20.8 Å². The number of carbonyl (C=O) groups excluding carboxylic acids is 5. The summed E-state index contributed by atoms with van der Waals surface area (Å²) in [6.45, 7) is 12.8. The van der Waals surface area contributed by atoms with Crippen LogP contribution in [-0.4, -0.2) is 119 Å². The van der Waals surface area contributed by atoms with Crippen LogP contribution in [0.15, 0.2) is 70.4 Å². The molecular weight excluding hydrogens is 871 g/mol. The Labute approximate surface area is 403 Å². The molecule has 1 aromatic heterocycles. The molecule has 14 nitrogen and oxygen atoms in total. The van der Waals surface area contributed by atoms with Crippen molar-refractivity contribution in [3.63, 3.8) is 0 Å². The van der Waals surface area contributed by atoms with E-state index in [4.69, 9.17) is 23.4 Å². The van der Waals surface area contributed by atoms with Crippen molar-refractivity contribution in [3.05, 3.63) is 71.8 Å². The van der Waals surface area contributed by atoms with Crippen molar-refractivity contribution in [3.8, 4) is 0 Å². The number of nitrogens with zero attached hydrogens (tertiary/aromatic N) is 1. The molecule has 4 aliphatic rings. The lowest BCUT2D eigenvalue weighted by atomic mass is 9.78. The predicted octanol–water partition coefficient (Wildman–Crippen LogP) is 7.54. The van der Waals surface area contributed by atoms with E-state index in [0.717, 1.165) is 12.0 Å². The molecule has 378 valence electrons. The fraction of sp³-hybridized carbons (Fsp3) is 0.685. The highest BCUT2D eigenvalue weighted by molar-refractivity contribution is 6.39. The van der Waals surface area contributed by atoms with Crippen molar-refractivity contribution in [1.29, 1.82) is 0 Å². The van der Waals surface area contributed by atoms with Crippen molar-refractivity contribution < 1.29 is 62.7 Å². The summed E-state index contributed by atoms with van der Waals surface area (Å²) in [5.74, 6) is -7.63. The van der Waals surface area contributed by atoms with E-state index in [1.54, 1.807) is 46.3 Å². The first-order valence-corrected chi connectivity index (χ1v) is 25.0. The van der Waals surface area contributed by atoms with Gasteiger partial charge in [0.2, 0.25) is 5.79 Å². The van der Waals surface area contributed by atoms with Crippen molar-refractivity contribution in [1.82, 2.24) is 4.90 Å². The highest BCUT2D eigenvalue weighted by Crippen LogP contribution is 2.40. The van der Waals surface area contributed by atoms with Crippen LogP contribution in [0.3, 0.4) is 0 Å². The van der Waals surface area contributed by atoms with Gasteiger partial charge in [0, 0.05) is 50.9 Å². The first-order chi connectivity index (χ1) is 32.3. The molecule has 4 heterocycles. The Hall–Kier alpha value is -4.05. The molecule has 2 saturated heterocycles. The number of Topliss-reactive ketones (excluding diaryl/α,β-unsaturated/α-hetero) is 3. The number of piperidine rings is 1. The fourth-order valence-corrected chi connectivity index (χ4v) is 10.7. The molecule has 3 aliphatic heterocycles. The number of amides is 1. The van der Waals surface area contributed by atoms with Crippen LogP contribution in [0, 0.1) is 35.5 Å². The topological polar surface area (TPSA) is 199 Å². The van der Waals surface area contributed by atoms with Crippen LogP contribution in [0.1, 0.15) is 137 Å². The molecule has 15 atom stereocenters. The lowest BCUT2D eigenvalue weighted by Gasteiger charge is -2.42. The minimum Gasteiger partial charge on any atom is -0.469 e. The third-order valence-electron chi connectivity index (χ3n) is 15.1. The molecule has 0 radical (unpaired) electrons. The van der Waals surface area contributed by atoms with E-state index >= 15 is 0 Å². The van der Waals surface area contributed by atoms with Gasteiger partial charge in [-0.25, -0.2) is 4.79 Å². The van der Waals surface area contributed by atoms with E-state index in [2.05, 4.69) is 0 Å². The molecule has 1 aromatic rings. The summed E-state index contributed by atoms with van der Waals surface area (Å²) in [6.07, 6.45) is 13.3. The summed E-state index contributed by atoms with van der Waals surface area (Å²) >= 11 is 0. The number of rotatable bonds is 6. The number of allylic oxidation sites excluding steroid dienone is 7. The van der Waals surface area contributed by atoms with Crippen molar-refractivity contribution in [2.45, 2.75) is 180 Å². The predicted molar refractivity (Wildman–Crippen MR) is 256 cm³/mol. The van der Waals surface area contributed by atoms with E-state index in [-0.39, 0.29) is 60.7 Å². The van der Waals surface area contributed by atoms with Crippen LogP contribution in [0.5, 0.6) is 0 Å². The van der Waals surface area contributed by atoms with E-state index in [9.17, 15) is 39.3 Å². The van der Waals surface area contributed by atoms with Crippen molar-refractivity contribution >= 4 is 29.2 Å². The number of fused-ring (bicyclic) bond motifs is 3. The average molecular weight is 950 g/mol. The molecule has 5 rings (SSSR count). The van der Waals surface area contributed by atoms with Gasteiger partial charge in [-0.1, -0.05) is 76.6 Å². The maximum Gasteiger partial charge on any atom is 0.329 e. The first-order valence-electron chi connectivity index (χ1n) is 25.0. The number of esters is 1. The summed E-state index contributed by atoms with van der Waals surface area (Å²) in [5, 5.41) is 34.1. The van der Waals surface area contributed by atoms with Gasteiger partial charge < -0.3 is 43.6 Å². The van der Waals surface area contributed by atoms with Crippen LogP contribution in [0.2, 0.25) is 0 Å². The van der Waals surface area contributed by atoms with Crippen LogP contribution in [0.25, 0.3) is 0 Å². The van der Waals surface area contributed by atoms with E-state index in [1.165, 1.54) is 12.0 Å². The van der Waals surface area contributed by atoms with Gasteiger partial charge in [0.1, 0.15) is 35.9 Å². The number of aliphatic hydroxyl groups excluding tert-OH is 2. The zero-order valence-electron chi connectivity index (χ0n) is 41.8. The molecule has 3 fully saturated rings. The molecule has 1 aliphatic carbocycles. The number of ether oxygens (including phenoxy) is 4. The molecule has 0 spiro atoms. The number of cyclic esters (lactones) is 1. The quantitative estimate of drug-likeness (QED) is 0.144. The molecule has 0 aromatic carbocycles. The number of ketones is 3. The van der Waals surface area contributed by atoms with Crippen molar-refractivity contribution in [2.24, 2.45) is 35.5 Å². The van der Waals surface area contributed by atoms with Gasteiger partial charge in [-0.15, -0.1) is 0 Å². The maximum absolute atomic E-state index is 14.4.